The maximum Gasteiger partial charge on any atom is 0.348 e. The van der Waals surface area contributed by atoms with Crippen molar-refractivity contribution in [1.82, 2.24) is 0 Å². The van der Waals surface area contributed by atoms with Crippen molar-refractivity contribution in [2.24, 2.45) is 0 Å². The molecule has 1 heterocycles. The summed E-state index contributed by atoms with van der Waals surface area (Å²) in [7, 11) is 0. The molecule has 0 spiro atoms. The van der Waals surface area contributed by atoms with E-state index in [0.29, 0.717) is 6.42 Å². The molecule has 3 heteroatoms. The van der Waals surface area contributed by atoms with Gasteiger partial charge in [-0.2, -0.15) is 0 Å². The highest BCUT2D eigenvalue weighted by Crippen LogP contribution is 2.30. The van der Waals surface area contributed by atoms with Gasteiger partial charge in [0, 0.05) is 6.42 Å². The standard InChI is InChI=1S/C14H16O3/c1-10-4-3-5-11(6-10)7-12-8-14(2,13(15)16)17-9-12/h3-6,9H,7-8H2,1-2H3,(H,15,16). The topological polar surface area (TPSA) is 46.5 Å². The molecule has 0 saturated heterocycles. The van der Waals surface area contributed by atoms with E-state index >= 15 is 0 Å². The number of hydrogen-bond acceptors (Lipinski definition) is 2. The van der Waals surface area contributed by atoms with Crippen LogP contribution in [0.25, 0.3) is 0 Å². The minimum absolute atomic E-state index is 0.455. The Hall–Kier alpha value is -1.77. The van der Waals surface area contributed by atoms with Crippen LogP contribution in [0.2, 0.25) is 0 Å². The number of ether oxygens (including phenoxy) is 1. The number of carboxylic acid groups (broad SMARTS) is 1. The monoisotopic (exact) mass is 232 g/mol. The van der Waals surface area contributed by atoms with Crippen LogP contribution in [-0.2, 0) is 16.0 Å². The van der Waals surface area contributed by atoms with Gasteiger partial charge < -0.3 is 9.84 Å². The number of carboxylic acids is 1. The zero-order chi connectivity index (χ0) is 12.5. The van der Waals surface area contributed by atoms with Crippen molar-refractivity contribution in [2.75, 3.05) is 0 Å². The van der Waals surface area contributed by atoms with Gasteiger partial charge in [0.2, 0.25) is 5.60 Å². The average Bonchev–Trinajstić information content (AvgIpc) is 2.61. The van der Waals surface area contributed by atoms with Crippen molar-refractivity contribution < 1.29 is 14.6 Å². The van der Waals surface area contributed by atoms with Crippen LogP contribution >= 0.6 is 0 Å². The zero-order valence-electron chi connectivity index (χ0n) is 10.1. The van der Waals surface area contributed by atoms with Gasteiger partial charge in [-0.05, 0) is 31.4 Å². The molecule has 1 atom stereocenters. The highest BCUT2D eigenvalue weighted by atomic mass is 16.5. The SMILES string of the molecule is Cc1cccc(CC2=COC(C)(C(=O)O)C2)c1. The minimum atomic E-state index is -1.08. The van der Waals surface area contributed by atoms with Crippen molar-refractivity contribution in [3.05, 3.63) is 47.2 Å². The molecule has 3 nitrogen and oxygen atoms in total. The van der Waals surface area contributed by atoms with Gasteiger partial charge >= 0.3 is 5.97 Å². The quantitative estimate of drug-likeness (QED) is 0.871. The van der Waals surface area contributed by atoms with Crippen LogP contribution in [0, 0.1) is 6.92 Å². The van der Waals surface area contributed by atoms with Gasteiger partial charge in [-0.3, -0.25) is 0 Å². The van der Waals surface area contributed by atoms with E-state index in [1.807, 2.05) is 25.1 Å². The van der Waals surface area contributed by atoms with E-state index in [9.17, 15) is 4.79 Å². The third-order valence-electron chi connectivity index (χ3n) is 3.02. The number of hydrogen-bond donors (Lipinski definition) is 1. The fraction of sp³-hybridized carbons (Fsp3) is 0.357. The van der Waals surface area contributed by atoms with Gasteiger partial charge in [-0.25, -0.2) is 4.79 Å². The van der Waals surface area contributed by atoms with Crippen molar-refractivity contribution in [3.8, 4) is 0 Å². The molecule has 2 rings (SSSR count). The van der Waals surface area contributed by atoms with E-state index in [-0.39, 0.29) is 0 Å². The third-order valence-corrected chi connectivity index (χ3v) is 3.02. The number of aliphatic carboxylic acids is 1. The first kappa shape index (κ1) is 11.7. The summed E-state index contributed by atoms with van der Waals surface area (Å²) in [4.78, 5) is 11.0. The van der Waals surface area contributed by atoms with Gasteiger partial charge in [0.15, 0.2) is 0 Å². The highest BCUT2D eigenvalue weighted by Gasteiger charge is 2.39. The van der Waals surface area contributed by atoms with Crippen LogP contribution in [0.1, 0.15) is 24.5 Å². The molecule has 0 aromatic heterocycles. The Labute approximate surface area is 101 Å². The van der Waals surface area contributed by atoms with E-state index in [4.69, 9.17) is 9.84 Å². The largest absolute Gasteiger partial charge is 0.483 e. The number of carbonyl (C=O) groups is 1. The smallest absolute Gasteiger partial charge is 0.348 e. The Bertz CT molecular complexity index is 476. The predicted molar refractivity (Wildman–Crippen MR) is 64.7 cm³/mol. The summed E-state index contributed by atoms with van der Waals surface area (Å²) in [5, 5.41) is 9.04. The molecule has 0 saturated carbocycles. The second-order valence-electron chi connectivity index (χ2n) is 4.77. The molecule has 0 aliphatic carbocycles. The lowest BCUT2D eigenvalue weighted by atomic mass is 9.95. The molecule has 0 bridgehead atoms. The Balaban J connectivity index is 2.06. The highest BCUT2D eigenvalue weighted by molar-refractivity contribution is 5.78. The molecule has 0 radical (unpaired) electrons. The first-order valence-corrected chi connectivity index (χ1v) is 5.64. The Morgan fingerprint density at radius 1 is 1.53 bits per heavy atom. The van der Waals surface area contributed by atoms with Crippen molar-refractivity contribution >= 4 is 5.97 Å². The van der Waals surface area contributed by atoms with Crippen LogP contribution in [-0.4, -0.2) is 16.7 Å². The average molecular weight is 232 g/mol. The summed E-state index contributed by atoms with van der Waals surface area (Å²) in [5.74, 6) is -0.909. The second-order valence-corrected chi connectivity index (χ2v) is 4.77. The fourth-order valence-corrected chi connectivity index (χ4v) is 2.04. The maximum absolute atomic E-state index is 11.0. The molecule has 1 unspecified atom stereocenters. The summed E-state index contributed by atoms with van der Waals surface area (Å²) in [6.07, 6.45) is 2.80. The molecule has 0 fully saturated rings. The van der Waals surface area contributed by atoms with E-state index in [0.717, 1.165) is 12.0 Å². The lowest BCUT2D eigenvalue weighted by Gasteiger charge is -2.17. The zero-order valence-corrected chi connectivity index (χ0v) is 10.1. The first-order valence-electron chi connectivity index (χ1n) is 5.64. The lowest BCUT2D eigenvalue weighted by molar-refractivity contribution is -0.155. The Kier molecular flexibility index (Phi) is 2.92. The first-order chi connectivity index (χ1) is 7.99. The molecule has 17 heavy (non-hydrogen) atoms. The third kappa shape index (κ3) is 2.49. The van der Waals surface area contributed by atoms with Gasteiger partial charge in [-0.15, -0.1) is 0 Å². The van der Waals surface area contributed by atoms with Crippen LogP contribution in [0.15, 0.2) is 36.1 Å². The molecule has 0 amide bonds. The fourth-order valence-electron chi connectivity index (χ4n) is 2.04. The van der Waals surface area contributed by atoms with Crippen LogP contribution < -0.4 is 0 Å². The van der Waals surface area contributed by atoms with Gasteiger partial charge in [0.05, 0.1) is 6.26 Å². The van der Waals surface area contributed by atoms with Crippen molar-refractivity contribution in [1.29, 1.82) is 0 Å². The summed E-state index contributed by atoms with van der Waals surface area (Å²) in [6, 6.07) is 8.21. The summed E-state index contributed by atoms with van der Waals surface area (Å²) < 4.78 is 5.26. The summed E-state index contributed by atoms with van der Waals surface area (Å²) >= 11 is 0. The molecule has 90 valence electrons. The summed E-state index contributed by atoms with van der Waals surface area (Å²) in [6.45, 7) is 3.65. The van der Waals surface area contributed by atoms with Crippen LogP contribution in [0.4, 0.5) is 0 Å². The normalized spacial score (nSPS) is 23.1. The van der Waals surface area contributed by atoms with Gasteiger partial charge in [0.25, 0.3) is 0 Å². The van der Waals surface area contributed by atoms with E-state index < -0.39 is 11.6 Å². The second kappa shape index (κ2) is 4.24. The molecular weight excluding hydrogens is 216 g/mol. The molecule has 1 N–H and O–H groups in total. The predicted octanol–water partition coefficient (Wildman–Crippen LogP) is 2.69. The van der Waals surface area contributed by atoms with E-state index in [2.05, 4.69) is 6.07 Å². The van der Waals surface area contributed by atoms with E-state index in [1.54, 1.807) is 13.2 Å². The van der Waals surface area contributed by atoms with Crippen LogP contribution in [0.3, 0.4) is 0 Å². The molecule has 1 aromatic carbocycles. The minimum Gasteiger partial charge on any atom is -0.483 e. The molecule has 1 aliphatic rings. The number of aryl methyl sites for hydroxylation is 1. The number of benzene rings is 1. The summed E-state index contributed by atoms with van der Waals surface area (Å²) in [5.41, 5.74) is 2.34. The van der Waals surface area contributed by atoms with E-state index in [1.165, 1.54) is 11.1 Å². The maximum atomic E-state index is 11.0. The van der Waals surface area contributed by atoms with Gasteiger partial charge in [-0.1, -0.05) is 29.8 Å². The molecule has 1 aliphatic heterocycles. The Morgan fingerprint density at radius 2 is 2.29 bits per heavy atom. The molecule has 1 aromatic rings. The lowest BCUT2D eigenvalue weighted by Crippen LogP contribution is -2.34. The Morgan fingerprint density at radius 3 is 2.88 bits per heavy atom. The van der Waals surface area contributed by atoms with Crippen LogP contribution in [0.5, 0.6) is 0 Å². The number of rotatable bonds is 3. The van der Waals surface area contributed by atoms with Gasteiger partial charge in [0.1, 0.15) is 0 Å². The molecular formula is C14H16O3. The van der Waals surface area contributed by atoms with Crippen molar-refractivity contribution in [2.45, 2.75) is 32.3 Å². The van der Waals surface area contributed by atoms with Crippen molar-refractivity contribution in [3.63, 3.8) is 0 Å².